The number of aliphatic hydroxyl groups excluding tert-OH is 2. The van der Waals surface area contributed by atoms with Crippen molar-refractivity contribution in [3.63, 3.8) is 0 Å². The smallest absolute Gasteiger partial charge is 0.222 e. The molecule has 2 N–H and O–H groups in total. The highest BCUT2D eigenvalue weighted by atomic mass is 16.3. The van der Waals surface area contributed by atoms with Gasteiger partial charge in [0, 0.05) is 20.5 Å². The van der Waals surface area contributed by atoms with Crippen LogP contribution in [0.1, 0.15) is 58.3 Å². The molecule has 4 nitrogen and oxygen atoms in total. The van der Waals surface area contributed by atoms with Crippen LogP contribution in [-0.4, -0.2) is 47.3 Å². The Morgan fingerprint density at radius 1 is 0.923 bits per heavy atom. The second-order valence-electron chi connectivity index (χ2n) is 6.67. The molecule has 0 spiro atoms. The van der Waals surface area contributed by atoms with E-state index in [0.717, 1.165) is 6.42 Å². The van der Waals surface area contributed by atoms with Gasteiger partial charge in [-0.3, -0.25) is 4.79 Å². The average Bonchev–Trinajstić information content (AvgIpc) is 2.60. The number of unbranched alkanes of at least 4 members (excludes halogenated alkanes) is 3. The zero-order valence-electron chi connectivity index (χ0n) is 16.7. The number of carbonyl (C=O) groups excluding carboxylic acids is 1. The summed E-state index contributed by atoms with van der Waals surface area (Å²) in [5.41, 5.74) is 0. The quantitative estimate of drug-likeness (QED) is 0.277. The third kappa shape index (κ3) is 15.9. The predicted molar refractivity (Wildman–Crippen MR) is 110 cm³/mol. The molecule has 0 aromatic heterocycles. The molecule has 0 aliphatic rings. The topological polar surface area (TPSA) is 60.8 Å². The summed E-state index contributed by atoms with van der Waals surface area (Å²) in [6.07, 6.45) is 21.0. The minimum absolute atomic E-state index is 0.0839. The van der Waals surface area contributed by atoms with Crippen LogP contribution in [0, 0.1) is 0 Å². The van der Waals surface area contributed by atoms with Gasteiger partial charge in [0.25, 0.3) is 0 Å². The molecule has 0 saturated carbocycles. The number of hydrogen-bond acceptors (Lipinski definition) is 3. The first-order valence-electron chi connectivity index (χ1n) is 9.70. The number of amides is 1. The number of carbonyl (C=O) groups is 1. The van der Waals surface area contributed by atoms with Gasteiger partial charge in [0.05, 0.1) is 12.2 Å². The molecule has 2 atom stereocenters. The Kier molecular flexibility index (Phi) is 15.7. The molecular formula is C22H37NO3. The van der Waals surface area contributed by atoms with Crippen LogP contribution in [0.3, 0.4) is 0 Å². The molecule has 0 aromatic carbocycles. The van der Waals surface area contributed by atoms with Crippen molar-refractivity contribution in [2.75, 3.05) is 14.1 Å². The Morgan fingerprint density at radius 3 is 2.19 bits per heavy atom. The van der Waals surface area contributed by atoms with Crippen LogP contribution >= 0.6 is 0 Å². The van der Waals surface area contributed by atoms with Crippen LogP contribution in [0.4, 0.5) is 0 Å². The van der Waals surface area contributed by atoms with Gasteiger partial charge in [-0.2, -0.15) is 0 Å². The van der Waals surface area contributed by atoms with Gasteiger partial charge in [0.2, 0.25) is 5.91 Å². The largest absolute Gasteiger partial charge is 0.389 e. The van der Waals surface area contributed by atoms with E-state index in [9.17, 15) is 15.0 Å². The van der Waals surface area contributed by atoms with E-state index >= 15 is 0 Å². The first kappa shape index (κ1) is 24.4. The third-order valence-electron chi connectivity index (χ3n) is 3.91. The lowest BCUT2D eigenvalue weighted by molar-refractivity contribution is -0.128. The fourth-order valence-electron chi connectivity index (χ4n) is 2.24. The normalized spacial score (nSPS) is 14.8. The SMILES string of the molecule is CCCCC/C=C\C[C@@H](O)/C=C/C=C/C=C/[C@@H](O)CCCC(=O)N(C)C. The highest BCUT2D eigenvalue weighted by Crippen LogP contribution is 2.04. The molecule has 0 bridgehead atoms. The molecule has 0 rings (SSSR count). The van der Waals surface area contributed by atoms with Crippen LogP contribution in [0.15, 0.2) is 48.6 Å². The van der Waals surface area contributed by atoms with Crippen molar-refractivity contribution in [1.82, 2.24) is 4.90 Å². The molecule has 0 radical (unpaired) electrons. The van der Waals surface area contributed by atoms with Crippen LogP contribution in [-0.2, 0) is 4.79 Å². The molecule has 0 saturated heterocycles. The van der Waals surface area contributed by atoms with E-state index < -0.39 is 12.2 Å². The van der Waals surface area contributed by atoms with Crippen molar-refractivity contribution < 1.29 is 15.0 Å². The number of hydrogen-bond donors (Lipinski definition) is 2. The van der Waals surface area contributed by atoms with Gasteiger partial charge < -0.3 is 15.1 Å². The van der Waals surface area contributed by atoms with Gasteiger partial charge >= 0.3 is 0 Å². The Balaban J connectivity index is 3.86. The van der Waals surface area contributed by atoms with Crippen molar-refractivity contribution in [3.8, 4) is 0 Å². The molecule has 0 heterocycles. The van der Waals surface area contributed by atoms with E-state index in [1.165, 1.54) is 19.3 Å². The van der Waals surface area contributed by atoms with Crippen molar-refractivity contribution in [1.29, 1.82) is 0 Å². The van der Waals surface area contributed by atoms with E-state index in [2.05, 4.69) is 13.0 Å². The van der Waals surface area contributed by atoms with Gasteiger partial charge in [-0.25, -0.2) is 0 Å². The summed E-state index contributed by atoms with van der Waals surface area (Å²) < 4.78 is 0. The number of allylic oxidation sites excluding steroid dienone is 5. The van der Waals surface area contributed by atoms with Gasteiger partial charge in [0.15, 0.2) is 0 Å². The van der Waals surface area contributed by atoms with E-state index in [0.29, 0.717) is 25.7 Å². The van der Waals surface area contributed by atoms with Gasteiger partial charge in [-0.15, -0.1) is 0 Å². The summed E-state index contributed by atoms with van der Waals surface area (Å²) in [4.78, 5) is 13.0. The zero-order valence-corrected chi connectivity index (χ0v) is 16.7. The van der Waals surface area contributed by atoms with Gasteiger partial charge in [-0.1, -0.05) is 68.4 Å². The Morgan fingerprint density at radius 2 is 1.58 bits per heavy atom. The summed E-state index contributed by atoms with van der Waals surface area (Å²) in [7, 11) is 3.47. The van der Waals surface area contributed by atoms with Crippen LogP contribution in [0.5, 0.6) is 0 Å². The third-order valence-corrected chi connectivity index (χ3v) is 3.91. The van der Waals surface area contributed by atoms with Gasteiger partial charge in [0.1, 0.15) is 0 Å². The Bertz CT molecular complexity index is 464. The highest BCUT2D eigenvalue weighted by Gasteiger charge is 2.05. The van der Waals surface area contributed by atoms with Gasteiger partial charge in [-0.05, 0) is 32.1 Å². The Hall–Kier alpha value is -1.65. The zero-order chi connectivity index (χ0) is 19.6. The number of rotatable bonds is 14. The second kappa shape index (κ2) is 16.8. The molecule has 26 heavy (non-hydrogen) atoms. The van der Waals surface area contributed by atoms with Crippen LogP contribution < -0.4 is 0 Å². The minimum atomic E-state index is -0.540. The first-order chi connectivity index (χ1) is 12.5. The fourth-order valence-corrected chi connectivity index (χ4v) is 2.24. The van der Waals surface area contributed by atoms with Crippen molar-refractivity contribution in [3.05, 3.63) is 48.6 Å². The standard InChI is InChI=1S/C22H37NO3/c1-4-5-6-7-8-11-15-20(24)16-12-9-10-13-17-21(25)18-14-19-22(26)23(2)3/h8-13,16-17,20-21,24-25H,4-7,14-15,18-19H2,1-3H3/b10-9+,11-8-,16-12+,17-13+/t20-,21-/m1/s1. The molecule has 0 fully saturated rings. The molecule has 0 aliphatic heterocycles. The lowest BCUT2D eigenvalue weighted by atomic mass is 10.1. The fraction of sp³-hybridized carbons (Fsp3) is 0.591. The average molecular weight is 364 g/mol. The minimum Gasteiger partial charge on any atom is -0.389 e. The predicted octanol–water partition coefficient (Wildman–Crippen LogP) is 4.16. The monoisotopic (exact) mass is 363 g/mol. The summed E-state index contributed by atoms with van der Waals surface area (Å²) in [6, 6.07) is 0. The second-order valence-corrected chi connectivity index (χ2v) is 6.67. The lowest BCUT2D eigenvalue weighted by Crippen LogP contribution is -2.21. The van der Waals surface area contributed by atoms with Crippen LogP contribution in [0.25, 0.3) is 0 Å². The van der Waals surface area contributed by atoms with Crippen molar-refractivity contribution in [2.24, 2.45) is 0 Å². The van der Waals surface area contributed by atoms with Crippen LogP contribution in [0.2, 0.25) is 0 Å². The summed E-state index contributed by atoms with van der Waals surface area (Å²) >= 11 is 0. The van der Waals surface area contributed by atoms with E-state index in [1.54, 1.807) is 37.2 Å². The first-order valence-corrected chi connectivity index (χ1v) is 9.70. The lowest BCUT2D eigenvalue weighted by Gasteiger charge is -2.10. The molecule has 0 aliphatic carbocycles. The summed E-state index contributed by atoms with van der Waals surface area (Å²) in [5, 5.41) is 19.6. The number of aliphatic hydroxyl groups is 2. The summed E-state index contributed by atoms with van der Waals surface area (Å²) in [5.74, 6) is 0.0839. The maximum absolute atomic E-state index is 11.4. The molecular weight excluding hydrogens is 326 g/mol. The molecule has 4 heteroatoms. The Labute approximate surface area is 159 Å². The summed E-state index contributed by atoms with van der Waals surface area (Å²) in [6.45, 7) is 2.19. The molecule has 0 unspecified atom stereocenters. The molecule has 1 amide bonds. The molecule has 148 valence electrons. The highest BCUT2D eigenvalue weighted by molar-refractivity contribution is 5.75. The van der Waals surface area contributed by atoms with E-state index in [1.807, 2.05) is 24.3 Å². The molecule has 0 aromatic rings. The number of nitrogens with zero attached hydrogens (tertiary/aromatic N) is 1. The van der Waals surface area contributed by atoms with Crippen molar-refractivity contribution >= 4 is 5.91 Å². The van der Waals surface area contributed by atoms with Crippen molar-refractivity contribution in [2.45, 2.75) is 70.5 Å². The maximum atomic E-state index is 11.4. The maximum Gasteiger partial charge on any atom is 0.222 e. The van der Waals surface area contributed by atoms with E-state index in [4.69, 9.17) is 0 Å². The van der Waals surface area contributed by atoms with E-state index in [-0.39, 0.29) is 5.91 Å².